The Bertz CT molecular complexity index is 520. The van der Waals surface area contributed by atoms with Crippen molar-refractivity contribution in [3.8, 4) is 0 Å². The minimum absolute atomic E-state index is 0.152. The maximum absolute atomic E-state index is 12.9. The largest absolute Gasteiger partial charge is 0.398 e. The average Bonchev–Trinajstić information content (AvgIpc) is 2.96. The van der Waals surface area contributed by atoms with Gasteiger partial charge in [0.05, 0.1) is 10.3 Å². The predicted octanol–water partition coefficient (Wildman–Crippen LogP) is 2.37. The number of aryl methyl sites for hydroxylation is 1. The Kier molecular flexibility index (Phi) is 2.72. The van der Waals surface area contributed by atoms with E-state index in [1.165, 1.54) is 18.2 Å². The molecule has 2 nitrogen and oxygen atoms in total. The van der Waals surface area contributed by atoms with E-state index in [2.05, 4.69) is 0 Å². The summed E-state index contributed by atoms with van der Waals surface area (Å²) < 4.78 is 60.8. The standard InChI is InChI=1S/C11H10F3O2S/c1-7-2-3-9(17(15)16)8(6-7)10(4-5-10)11(12,13)14/h2-4,6,17H,5H2,1H3. The zero-order valence-corrected chi connectivity index (χ0v) is 9.81. The lowest BCUT2D eigenvalue weighted by Crippen LogP contribution is -2.29. The molecule has 1 aliphatic carbocycles. The van der Waals surface area contributed by atoms with Crippen molar-refractivity contribution in [1.29, 1.82) is 0 Å². The molecule has 0 aliphatic heterocycles. The number of halogens is 3. The summed E-state index contributed by atoms with van der Waals surface area (Å²) in [6, 6.07) is 4.03. The van der Waals surface area contributed by atoms with Crippen molar-refractivity contribution in [2.45, 2.75) is 29.8 Å². The first-order chi connectivity index (χ1) is 7.78. The third-order valence-corrected chi connectivity index (χ3v) is 3.73. The van der Waals surface area contributed by atoms with Crippen molar-refractivity contribution in [3.63, 3.8) is 0 Å². The quantitative estimate of drug-likeness (QED) is 0.831. The van der Waals surface area contributed by atoms with Gasteiger partial charge in [-0.15, -0.1) is 0 Å². The van der Waals surface area contributed by atoms with Crippen molar-refractivity contribution in [2.24, 2.45) is 0 Å². The van der Waals surface area contributed by atoms with Gasteiger partial charge in [0.2, 0.25) is 0 Å². The summed E-state index contributed by atoms with van der Waals surface area (Å²) in [4.78, 5) is -0.239. The van der Waals surface area contributed by atoms with Crippen LogP contribution in [0.3, 0.4) is 0 Å². The van der Waals surface area contributed by atoms with Crippen LogP contribution in [-0.4, -0.2) is 14.6 Å². The maximum Gasteiger partial charge on any atom is 0.398 e. The Morgan fingerprint density at radius 3 is 2.29 bits per heavy atom. The van der Waals surface area contributed by atoms with E-state index in [1.807, 2.05) is 0 Å². The maximum atomic E-state index is 12.9. The Morgan fingerprint density at radius 1 is 1.29 bits per heavy atom. The number of hydrogen-bond acceptors (Lipinski definition) is 2. The van der Waals surface area contributed by atoms with Gasteiger partial charge in [0.1, 0.15) is 0 Å². The highest BCUT2D eigenvalue weighted by atomic mass is 32.2. The van der Waals surface area contributed by atoms with Crippen LogP contribution in [0, 0.1) is 13.3 Å². The molecule has 93 valence electrons. The smallest absolute Gasteiger partial charge is 0.227 e. The lowest BCUT2D eigenvalue weighted by atomic mass is 9.94. The molecule has 0 spiro atoms. The molecule has 1 unspecified atom stereocenters. The molecule has 0 saturated heterocycles. The zero-order chi connectivity index (χ0) is 12.8. The number of hydrogen-bond donors (Lipinski definition) is 1. The topological polar surface area (TPSA) is 34.1 Å². The molecule has 0 aromatic heterocycles. The van der Waals surface area contributed by atoms with Gasteiger partial charge in [-0.2, -0.15) is 13.2 Å². The van der Waals surface area contributed by atoms with E-state index < -0.39 is 22.3 Å². The van der Waals surface area contributed by atoms with Crippen molar-refractivity contribution in [1.82, 2.24) is 0 Å². The summed E-state index contributed by atoms with van der Waals surface area (Å²) in [5.74, 6) is 0. The van der Waals surface area contributed by atoms with Crippen molar-refractivity contribution in [2.75, 3.05) is 0 Å². The van der Waals surface area contributed by atoms with Crippen molar-refractivity contribution >= 4 is 10.7 Å². The number of benzene rings is 1. The molecule has 0 amide bonds. The molecular weight excluding hydrogens is 253 g/mol. The minimum Gasteiger partial charge on any atom is -0.227 e. The second-order valence-corrected chi connectivity index (χ2v) is 5.15. The third kappa shape index (κ3) is 1.94. The SMILES string of the molecule is Cc1ccc([SH](=O)=O)c(C2(C(F)(F)F)[CH]C2)c1. The Labute approximate surface area is 98.4 Å². The molecule has 1 aliphatic rings. The molecule has 1 saturated carbocycles. The second-order valence-electron chi connectivity index (χ2n) is 4.16. The van der Waals surface area contributed by atoms with Crippen molar-refractivity contribution < 1.29 is 21.6 Å². The van der Waals surface area contributed by atoms with Gasteiger partial charge in [-0.1, -0.05) is 17.7 Å². The first-order valence-electron chi connectivity index (χ1n) is 4.94. The van der Waals surface area contributed by atoms with Gasteiger partial charge >= 0.3 is 6.18 Å². The normalized spacial score (nSPS) is 18.4. The molecule has 6 heteroatoms. The van der Waals surface area contributed by atoms with Crippen LogP contribution in [0.2, 0.25) is 0 Å². The molecule has 17 heavy (non-hydrogen) atoms. The third-order valence-electron chi connectivity index (χ3n) is 2.95. The fourth-order valence-corrected chi connectivity index (χ4v) is 2.53. The van der Waals surface area contributed by atoms with Crippen LogP contribution < -0.4 is 0 Å². The number of rotatable bonds is 2. The summed E-state index contributed by atoms with van der Waals surface area (Å²) in [6.45, 7) is 1.64. The van der Waals surface area contributed by atoms with Crippen LogP contribution in [0.4, 0.5) is 13.2 Å². The van der Waals surface area contributed by atoms with Crippen molar-refractivity contribution in [3.05, 3.63) is 35.7 Å². The zero-order valence-electron chi connectivity index (χ0n) is 8.91. The molecular formula is C11H10F3O2S. The van der Waals surface area contributed by atoms with E-state index in [4.69, 9.17) is 0 Å². The fraction of sp³-hybridized carbons (Fsp3) is 0.364. The van der Waals surface area contributed by atoms with E-state index in [9.17, 15) is 21.6 Å². The molecule has 1 fully saturated rings. The highest BCUT2D eigenvalue weighted by Crippen LogP contribution is 2.59. The minimum atomic E-state index is -4.44. The lowest BCUT2D eigenvalue weighted by molar-refractivity contribution is -0.157. The first-order valence-corrected chi connectivity index (χ1v) is 6.12. The molecule has 1 atom stereocenters. The molecule has 1 aromatic carbocycles. The highest BCUT2D eigenvalue weighted by molar-refractivity contribution is 7.72. The predicted molar refractivity (Wildman–Crippen MR) is 56.4 cm³/mol. The van der Waals surface area contributed by atoms with Gasteiger partial charge in [0.25, 0.3) is 0 Å². The van der Waals surface area contributed by atoms with Gasteiger partial charge in [0.15, 0.2) is 10.7 Å². The van der Waals surface area contributed by atoms with Gasteiger partial charge in [0, 0.05) is 0 Å². The molecule has 2 rings (SSSR count). The Morgan fingerprint density at radius 2 is 1.88 bits per heavy atom. The van der Waals surface area contributed by atoms with Crippen LogP contribution >= 0.6 is 0 Å². The number of alkyl halides is 3. The van der Waals surface area contributed by atoms with Crippen LogP contribution in [0.15, 0.2) is 23.1 Å². The monoisotopic (exact) mass is 263 g/mol. The van der Waals surface area contributed by atoms with Crippen LogP contribution in [-0.2, 0) is 16.1 Å². The van der Waals surface area contributed by atoms with Crippen LogP contribution in [0.25, 0.3) is 0 Å². The Hall–Kier alpha value is -1.04. The van der Waals surface area contributed by atoms with Crippen LogP contribution in [0.1, 0.15) is 17.5 Å². The summed E-state index contributed by atoms with van der Waals surface area (Å²) in [5.41, 5.74) is -1.60. The van der Waals surface area contributed by atoms with Gasteiger partial charge in [-0.05, 0) is 31.4 Å². The summed E-state index contributed by atoms with van der Waals surface area (Å²) in [6.07, 6.45) is -3.50. The number of thiol groups is 1. The molecule has 1 radical (unpaired) electrons. The van der Waals surface area contributed by atoms with E-state index in [1.54, 1.807) is 6.92 Å². The van der Waals surface area contributed by atoms with E-state index in [0.29, 0.717) is 5.56 Å². The molecule has 1 aromatic rings. The summed E-state index contributed by atoms with van der Waals surface area (Å²) in [7, 11) is -3.02. The first kappa shape index (κ1) is 12.4. The fourth-order valence-electron chi connectivity index (χ4n) is 1.87. The van der Waals surface area contributed by atoms with E-state index in [0.717, 1.165) is 6.42 Å². The Balaban J connectivity index is 2.63. The average molecular weight is 263 g/mol. The second kappa shape index (κ2) is 3.73. The molecule has 0 bridgehead atoms. The highest BCUT2D eigenvalue weighted by Gasteiger charge is 2.65. The van der Waals surface area contributed by atoms with Gasteiger partial charge in [-0.25, -0.2) is 8.42 Å². The summed E-state index contributed by atoms with van der Waals surface area (Å²) in [5, 5.41) is 0. The van der Waals surface area contributed by atoms with Gasteiger partial charge in [-0.3, -0.25) is 0 Å². The van der Waals surface area contributed by atoms with E-state index in [-0.39, 0.29) is 16.9 Å². The van der Waals surface area contributed by atoms with Crippen LogP contribution in [0.5, 0.6) is 0 Å². The summed E-state index contributed by atoms with van der Waals surface area (Å²) >= 11 is 0. The molecule has 0 heterocycles. The lowest BCUT2D eigenvalue weighted by Gasteiger charge is -2.21. The van der Waals surface area contributed by atoms with Gasteiger partial charge < -0.3 is 0 Å². The molecule has 0 N–H and O–H groups in total. The van der Waals surface area contributed by atoms with E-state index >= 15 is 0 Å².